The van der Waals surface area contributed by atoms with Gasteiger partial charge in [-0.25, -0.2) is 0 Å². The summed E-state index contributed by atoms with van der Waals surface area (Å²) in [4.78, 5) is 2.38. The van der Waals surface area contributed by atoms with Gasteiger partial charge >= 0.3 is 0 Å². The molecule has 1 aliphatic rings. The first-order valence-corrected chi connectivity index (χ1v) is 14.9. The molecule has 0 atom stereocenters. The quantitative estimate of drug-likeness (QED) is 0.201. The minimum absolute atomic E-state index is 0.211. The monoisotopic (exact) mass is 553 g/mol. The van der Waals surface area contributed by atoms with E-state index in [1.807, 2.05) is 6.07 Å². The maximum absolute atomic E-state index is 6.42. The van der Waals surface area contributed by atoms with E-state index in [1.165, 1.54) is 43.8 Å². The summed E-state index contributed by atoms with van der Waals surface area (Å²) in [5, 5.41) is 4.99. The zero-order valence-electron chi connectivity index (χ0n) is 24.3. The summed E-state index contributed by atoms with van der Waals surface area (Å²) in [6.45, 7) is 4.58. The first-order chi connectivity index (χ1) is 21.1. The molecular formula is C41H31NO. The van der Waals surface area contributed by atoms with Gasteiger partial charge in [-0.2, -0.15) is 0 Å². The molecule has 206 valence electrons. The zero-order chi connectivity index (χ0) is 29.0. The number of para-hydroxylation sites is 1. The number of anilines is 3. The van der Waals surface area contributed by atoms with Gasteiger partial charge in [-0.15, -0.1) is 0 Å². The van der Waals surface area contributed by atoms with Crippen LogP contribution in [-0.4, -0.2) is 0 Å². The maximum atomic E-state index is 6.42. The van der Waals surface area contributed by atoms with Crippen LogP contribution in [0, 0.1) is 0 Å². The van der Waals surface area contributed by atoms with Crippen molar-refractivity contribution in [2.75, 3.05) is 4.90 Å². The van der Waals surface area contributed by atoms with Gasteiger partial charge in [0.1, 0.15) is 11.5 Å². The van der Waals surface area contributed by atoms with Gasteiger partial charge < -0.3 is 9.64 Å². The van der Waals surface area contributed by atoms with Gasteiger partial charge in [0.05, 0.1) is 0 Å². The second-order valence-electron chi connectivity index (χ2n) is 11.8. The third kappa shape index (κ3) is 4.26. The van der Waals surface area contributed by atoms with Crippen molar-refractivity contribution in [2.24, 2.45) is 0 Å². The van der Waals surface area contributed by atoms with E-state index in [0.717, 1.165) is 28.6 Å². The number of hydrogen-bond acceptors (Lipinski definition) is 2. The van der Waals surface area contributed by atoms with Crippen LogP contribution in [0.25, 0.3) is 32.7 Å². The molecule has 0 bridgehead atoms. The van der Waals surface area contributed by atoms with Crippen molar-refractivity contribution in [1.29, 1.82) is 0 Å². The lowest BCUT2D eigenvalue weighted by Gasteiger charge is -2.36. The predicted octanol–water partition coefficient (Wildman–Crippen LogP) is 11.6. The van der Waals surface area contributed by atoms with Crippen LogP contribution in [-0.2, 0) is 5.41 Å². The van der Waals surface area contributed by atoms with Crippen LogP contribution in [0.1, 0.15) is 25.0 Å². The molecule has 0 amide bonds. The number of fused-ring (bicyclic) bond motifs is 5. The van der Waals surface area contributed by atoms with Gasteiger partial charge in [0.25, 0.3) is 0 Å². The Morgan fingerprint density at radius 1 is 0.442 bits per heavy atom. The minimum atomic E-state index is -0.211. The molecule has 0 saturated carbocycles. The van der Waals surface area contributed by atoms with E-state index >= 15 is 0 Å². The smallest absolute Gasteiger partial charge is 0.131 e. The summed E-state index contributed by atoms with van der Waals surface area (Å²) >= 11 is 0. The van der Waals surface area contributed by atoms with E-state index < -0.39 is 0 Å². The highest BCUT2D eigenvalue weighted by atomic mass is 16.5. The Kier molecular flexibility index (Phi) is 5.84. The van der Waals surface area contributed by atoms with E-state index in [2.05, 4.69) is 164 Å². The lowest BCUT2D eigenvalue weighted by atomic mass is 9.75. The molecular weight excluding hydrogens is 522 g/mol. The molecule has 0 radical (unpaired) electrons. The SMILES string of the molecule is CC1(C)c2ccccc2Oc2ccc(N(c3cccc(-c4ccccc4)c3)c3ccc4ccc5ccccc5c4c3)cc21. The lowest BCUT2D eigenvalue weighted by molar-refractivity contribution is 0.418. The fourth-order valence-corrected chi connectivity index (χ4v) is 6.60. The molecule has 0 saturated heterocycles. The zero-order valence-corrected chi connectivity index (χ0v) is 24.3. The van der Waals surface area contributed by atoms with Crippen molar-refractivity contribution in [3.8, 4) is 22.6 Å². The molecule has 43 heavy (non-hydrogen) atoms. The summed E-state index contributed by atoms with van der Waals surface area (Å²) in [7, 11) is 0. The van der Waals surface area contributed by atoms with Gasteiger partial charge in [0.2, 0.25) is 0 Å². The second kappa shape index (κ2) is 9.89. The molecule has 1 aliphatic heterocycles. The van der Waals surface area contributed by atoms with Crippen molar-refractivity contribution in [2.45, 2.75) is 19.3 Å². The highest BCUT2D eigenvalue weighted by molar-refractivity contribution is 6.09. The van der Waals surface area contributed by atoms with Crippen LogP contribution in [0.5, 0.6) is 11.5 Å². The van der Waals surface area contributed by atoms with E-state index in [1.54, 1.807) is 0 Å². The molecule has 7 aromatic carbocycles. The average Bonchev–Trinajstić information content (AvgIpc) is 3.06. The van der Waals surface area contributed by atoms with Gasteiger partial charge in [0.15, 0.2) is 0 Å². The first kappa shape index (κ1) is 25.4. The predicted molar refractivity (Wildman–Crippen MR) is 180 cm³/mol. The highest BCUT2D eigenvalue weighted by Crippen LogP contribution is 2.50. The fourth-order valence-electron chi connectivity index (χ4n) is 6.60. The van der Waals surface area contributed by atoms with Crippen LogP contribution in [0.3, 0.4) is 0 Å². The molecule has 0 aromatic heterocycles. The maximum Gasteiger partial charge on any atom is 0.131 e. The van der Waals surface area contributed by atoms with Crippen LogP contribution < -0.4 is 9.64 Å². The number of hydrogen-bond donors (Lipinski definition) is 0. The summed E-state index contributed by atoms with van der Waals surface area (Å²) in [6, 6.07) is 54.3. The Morgan fingerprint density at radius 2 is 1.07 bits per heavy atom. The van der Waals surface area contributed by atoms with E-state index in [4.69, 9.17) is 4.74 Å². The third-order valence-corrected chi connectivity index (χ3v) is 8.87. The van der Waals surface area contributed by atoms with Crippen molar-refractivity contribution in [1.82, 2.24) is 0 Å². The molecule has 2 nitrogen and oxygen atoms in total. The first-order valence-electron chi connectivity index (χ1n) is 14.9. The third-order valence-electron chi connectivity index (χ3n) is 8.87. The Bertz CT molecular complexity index is 2140. The van der Waals surface area contributed by atoms with E-state index in [9.17, 15) is 0 Å². The number of rotatable bonds is 4. The molecule has 0 aliphatic carbocycles. The number of ether oxygens (including phenoxy) is 1. The van der Waals surface area contributed by atoms with E-state index in [0.29, 0.717) is 0 Å². The molecule has 0 spiro atoms. The van der Waals surface area contributed by atoms with E-state index in [-0.39, 0.29) is 5.41 Å². The molecule has 0 N–H and O–H groups in total. The molecule has 7 aromatic rings. The average molecular weight is 554 g/mol. The van der Waals surface area contributed by atoms with Gasteiger partial charge in [-0.3, -0.25) is 0 Å². The summed E-state index contributed by atoms with van der Waals surface area (Å²) in [5.74, 6) is 1.84. The topological polar surface area (TPSA) is 12.5 Å². The van der Waals surface area contributed by atoms with Crippen LogP contribution >= 0.6 is 0 Å². The number of nitrogens with zero attached hydrogens (tertiary/aromatic N) is 1. The summed E-state index contributed by atoms with van der Waals surface area (Å²) < 4.78 is 6.42. The molecule has 2 heteroatoms. The lowest BCUT2D eigenvalue weighted by Crippen LogP contribution is -2.24. The van der Waals surface area contributed by atoms with Crippen molar-refractivity contribution in [3.05, 3.63) is 163 Å². The van der Waals surface area contributed by atoms with Crippen molar-refractivity contribution >= 4 is 38.6 Å². The summed E-state index contributed by atoms with van der Waals surface area (Å²) in [5.41, 5.74) is 7.88. The van der Waals surface area contributed by atoms with Gasteiger partial charge in [-0.05, 0) is 81.2 Å². The minimum Gasteiger partial charge on any atom is -0.457 e. The largest absolute Gasteiger partial charge is 0.457 e. The second-order valence-corrected chi connectivity index (χ2v) is 11.8. The van der Waals surface area contributed by atoms with Crippen molar-refractivity contribution in [3.63, 3.8) is 0 Å². The Labute approximate surface area is 252 Å². The van der Waals surface area contributed by atoms with Gasteiger partial charge in [0, 0.05) is 33.6 Å². The molecule has 8 rings (SSSR count). The van der Waals surface area contributed by atoms with Crippen LogP contribution in [0.2, 0.25) is 0 Å². The molecule has 1 heterocycles. The number of benzene rings is 7. The Morgan fingerprint density at radius 3 is 1.95 bits per heavy atom. The van der Waals surface area contributed by atoms with Crippen molar-refractivity contribution < 1.29 is 4.74 Å². The standard InChI is InChI=1S/C41H31NO/c1-41(2)37-17-8-9-18-39(37)43-40-24-23-34(27-38(40)41)42(32-15-10-14-31(25-32)28-11-4-3-5-12-28)33-22-21-30-20-19-29-13-6-7-16-35(29)36(30)26-33/h3-27H,1-2H3. The van der Waals surface area contributed by atoms with Crippen LogP contribution in [0.15, 0.2) is 152 Å². The van der Waals surface area contributed by atoms with Crippen LogP contribution in [0.4, 0.5) is 17.1 Å². The Hall–Kier alpha value is -5.34. The molecule has 0 unspecified atom stereocenters. The van der Waals surface area contributed by atoms with Gasteiger partial charge in [-0.1, -0.05) is 117 Å². The fraction of sp³-hybridized carbons (Fsp3) is 0.0732. The molecule has 0 fully saturated rings. The highest BCUT2D eigenvalue weighted by Gasteiger charge is 2.34. The normalized spacial score (nSPS) is 13.3. The summed E-state index contributed by atoms with van der Waals surface area (Å²) in [6.07, 6.45) is 0. The Balaban J connectivity index is 1.34.